The van der Waals surface area contributed by atoms with E-state index in [9.17, 15) is 26.7 Å². The van der Waals surface area contributed by atoms with Gasteiger partial charge in [-0.05, 0) is 12.1 Å². The van der Waals surface area contributed by atoms with Gasteiger partial charge in [0, 0.05) is 19.7 Å². The van der Waals surface area contributed by atoms with Crippen molar-refractivity contribution >= 4 is 10.0 Å². The second-order valence-corrected chi connectivity index (χ2v) is 5.75. The topological polar surface area (TPSA) is 84.9 Å². The van der Waals surface area contributed by atoms with Crippen molar-refractivity contribution in [1.82, 2.24) is 4.72 Å². The van der Waals surface area contributed by atoms with Gasteiger partial charge in [0.25, 0.3) is 0 Å². The van der Waals surface area contributed by atoms with Crippen LogP contribution in [-0.4, -0.2) is 46.3 Å². The number of alkyl halides is 3. The summed E-state index contributed by atoms with van der Waals surface area (Å²) in [6.45, 7) is -0.416. The maximum absolute atomic E-state index is 12.1. The average Bonchev–Trinajstić information content (AvgIpc) is 2.35. The number of methoxy groups -OCH3 is 1. The summed E-state index contributed by atoms with van der Waals surface area (Å²) in [6.07, 6.45) is -5.98. The van der Waals surface area contributed by atoms with Crippen molar-refractivity contribution in [2.45, 2.75) is 17.4 Å². The maximum atomic E-state index is 12.1. The van der Waals surface area contributed by atoms with Crippen molar-refractivity contribution in [3.05, 3.63) is 24.3 Å². The fourth-order valence-corrected chi connectivity index (χ4v) is 2.49. The fourth-order valence-electron chi connectivity index (χ4n) is 1.38. The molecular formula is C11H14F3NO5S. The van der Waals surface area contributed by atoms with Gasteiger partial charge in [-0.15, -0.1) is 13.2 Å². The molecule has 0 amide bonds. The third-order valence-corrected chi connectivity index (χ3v) is 3.64. The maximum Gasteiger partial charge on any atom is 0.573 e. The molecule has 21 heavy (non-hydrogen) atoms. The van der Waals surface area contributed by atoms with E-state index in [1.54, 1.807) is 0 Å². The number of benzene rings is 1. The highest BCUT2D eigenvalue weighted by atomic mass is 32.2. The van der Waals surface area contributed by atoms with Crippen LogP contribution in [0, 0.1) is 0 Å². The summed E-state index contributed by atoms with van der Waals surface area (Å²) in [5.74, 6) is -0.650. The van der Waals surface area contributed by atoms with Crippen LogP contribution in [0.15, 0.2) is 29.2 Å². The van der Waals surface area contributed by atoms with Gasteiger partial charge in [0.05, 0.1) is 17.6 Å². The molecule has 120 valence electrons. The molecule has 1 atom stereocenters. The Labute approximate surface area is 119 Å². The molecule has 0 radical (unpaired) electrons. The average molecular weight is 329 g/mol. The molecule has 0 aliphatic rings. The highest BCUT2D eigenvalue weighted by molar-refractivity contribution is 7.89. The number of rotatable bonds is 7. The summed E-state index contributed by atoms with van der Waals surface area (Å²) in [5.41, 5.74) is 0. The number of sulfonamides is 1. The van der Waals surface area contributed by atoms with Crippen molar-refractivity contribution in [2.75, 3.05) is 20.3 Å². The van der Waals surface area contributed by atoms with Crippen LogP contribution < -0.4 is 9.46 Å². The number of hydrogen-bond donors (Lipinski definition) is 2. The Balaban J connectivity index is 2.81. The van der Waals surface area contributed by atoms with E-state index >= 15 is 0 Å². The zero-order valence-corrected chi connectivity index (χ0v) is 11.7. The van der Waals surface area contributed by atoms with Crippen LogP contribution in [0.4, 0.5) is 13.2 Å². The molecule has 1 aromatic rings. The van der Waals surface area contributed by atoms with Crippen LogP contribution in [0.25, 0.3) is 0 Å². The molecule has 1 unspecified atom stereocenters. The molecule has 1 aromatic carbocycles. The van der Waals surface area contributed by atoms with Crippen molar-refractivity contribution in [3.63, 3.8) is 0 Å². The first-order valence-electron chi connectivity index (χ1n) is 5.66. The lowest BCUT2D eigenvalue weighted by molar-refractivity contribution is -0.274. The van der Waals surface area contributed by atoms with E-state index in [0.29, 0.717) is 0 Å². The van der Waals surface area contributed by atoms with E-state index in [1.165, 1.54) is 7.11 Å². The Morgan fingerprint density at radius 1 is 1.38 bits per heavy atom. The van der Waals surface area contributed by atoms with Gasteiger partial charge in [-0.25, -0.2) is 13.1 Å². The van der Waals surface area contributed by atoms with Gasteiger partial charge in [-0.3, -0.25) is 0 Å². The van der Waals surface area contributed by atoms with Gasteiger partial charge in [-0.2, -0.15) is 0 Å². The molecule has 0 saturated heterocycles. The van der Waals surface area contributed by atoms with E-state index in [2.05, 4.69) is 14.2 Å². The molecular weight excluding hydrogens is 315 g/mol. The second kappa shape index (κ2) is 7.07. The molecule has 0 heterocycles. The Bertz CT molecular complexity index is 561. The molecule has 0 aliphatic carbocycles. The lowest BCUT2D eigenvalue weighted by Crippen LogP contribution is -2.34. The van der Waals surface area contributed by atoms with Crippen LogP contribution in [0.3, 0.4) is 0 Å². The minimum atomic E-state index is -4.91. The summed E-state index contributed by atoms with van der Waals surface area (Å²) in [5, 5.41) is 9.34. The van der Waals surface area contributed by atoms with Crippen LogP contribution >= 0.6 is 0 Å². The first-order valence-corrected chi connectivity index (χ1v) is 7.15. The van der Waals surface area contributed by atoms with Gasteiger partial charge in [0.2, 0.25) is 10.0 Å². The Morgan fingerprint density at radius 2 is 2.05 bits per heavy atom. The molecule has 0 bridgehead atoms. The number of aliphatic hydroxyl groups excluding tert-OH is 1. The van der Waals surface area contributed by atoms with Crippen molar-refractivity contribution in [2.24, 2.45) is 0 Å². The lowest BCUT2D eigenvalue weighted by Gasteiger charge is -2.13. The van der Waals surface area contributed by atoms with Crippen LogP contribution in [-0.2, 0) is 14.8 Å². The zero-order chi connectivity index (χ0) is 16.1. The van der Waals surface area contributed by atoms with Crippen molar-refractivity contribution in [1.29, 1.82) is 0 Å². The van der Waals surface area contributed by atoms with Crippen molar-refractivity contribution < 1.29 is 36.2 Å². The summed E-state index contributed by atoms with van der Waals surface area (Å²) in [7, 11) is -2.74. The number of nitrogens with one attached hydrogen (secondary N) is 1. The van der Waals surface area contributed by atoms with Gasteiger partial charge >= 0.3 is 6.36 Å². The molecule has 2 N–H and O–H groups in total. The van der Waals surface area contributed by atoms with E-state index in [4.69, 9.17) is 0 Å². The molecule has 6 nitrogen and oxygen atoms in total. The smallest absolute Gasteiger partial charge is 0.406 e. The first-order chi connectivity index (χ1) is 9.64. The number of ether oxygens (including phenoxy) is 2. The Hall–Kier alpha value is -1.36. The second-order valence-electron chi connectivity index (χ2n) is 3.98. The Kier molecular flexibility index (Phi) is 5.96. The summed E-state index contributed by atoms with van der Waals surface area (Å²) in [4.78, 5) is -0.408. The molecule has 0 aliphatic heterocycles. The van der Waals surface area contributed by atoms with Crippen molar-refractivity contribution in [3.8, 4) is 5.75 Å². The molecule has 0 saturated carbocycles. The SMILES string of the molecule is COCC(O)CNS(=O)(=O)c1cccc(OC(F)(F)F)c1. The van der Waals surface area contributed by atoms with Gasteiger partial charge < -0.3 is 14.6 Å². The standard InChI is InChI=1S/C11H14F3NO5S/c1-19-7-8(16)6-15-21(17,18)10-4-2-3-9(5-10)20-11(12,13)14/h2-5,8,15-16H,6-7H2,1H3. The van der Waals surface area contributed by atoms with Crippen LogP contribution in [0.5, 0.6) is 5.75 Å². The molecule has 0 aromatic heterocycles. The number of aliphatic hydroxyl groups is 1. The van der Waals surface area contributed by atoms with E-state index in [0.717, 1.165) is 24.3 Å². The predicted octanol–water partition coefficient (Wildman–Crippen LogP) is 0.871. The third-order valence-electron chi connectivity index (χ3n) is 2.22. The summed E-state index contributed by atoms with van der Waals surface area (Å²) in [6, 6.07) is 3.93. The fraction of sp³-hybridized carbons (Fsp3) is 0.455. The highest BCUT2D eigenvalue weighted by Crippen LogP contribution is 2.24. The molecule has 1 rings (SSSR count). The number of hydrogen-bond acceptors (Lipinski definition) is 5. The minimum absolute atomic E-state index is 0.0836. The summed E-state index contributed by atoms with van der Waals surface area (Å²) >= 11 is 0. The summed E-state index contributed by atoms with van der Waals surface area (Å²) < 4.78 is 70.3. The molecule has 10 heteroatoms. The van der Waals surface area contributed by atoms with Crippen LogP contribution in [0.2, 0.25) is 0 Å². The third kappa shape index (κ3) is 6.29. The first kappa shape index (κ1) is 17.7. The monoisotopic (exact) mass is 329 g/mol. The normalized spacial score (nSPS) is 14.0. The quantitative estimate of drug-likeness (QED) is 0.775. The molecule has 0 spiro atoms. The lowest BCUT2D eigenvalue weighted by atomic mass is 10.3. The highest BCUT2D eigenvalue weighted by Gasteiger charge is 2.31. The predicted molar refractivity (Wildman–Crippen MR) is 66.2 cm³/mol. The van der Waals surface area contributed by atoms with Crippen LogP contribution in [0.1, 0.15) is 0 Å². The molecule has 0 fully saturated rings. The van der Waals surface area contributed by atoms with Gasteiger partial charge in [0.15, 0.2) is 0 Å². The van der Waals surface area contributed by atoms with E-state index in [1.807, 2.05) is 0 Å². The largest absolute Gasteiger partial charge is 0.573 e. The van der Waals surface area contributed by atoms with E-state index in [-0.39, 0.29) is 13.2 Å². The minimum Gasteiger partial charge on any atom is -0.406 e. The van der Waals surface area contributed by atoms with Gasteiger partial charge in [-0.1, -0.05) is 6.07 Å². The number of halogens is 3. The Morgan fingerprint density at radius 3 is 2.62 bits per heavy atom. The van der Waals surface area contributed by atoms with Gasteiger partial charge in [0.1, 0.15) is 5.75 Å². The van der Waals surface area contributed by atoms with E-state index < -0.39 is 33.1 Å². The zero-order valence-electron chi connectivity index (χ0n) is 10.9.